The van der Waals surface area contributed by atoms with Crippen molar-refractivity contribution in [2.24, 2.45) is 7.05 Å². The van der Waals surface area contributed by atoms with Gasteiger partial charge in [-0.2, -0.15) is 16.9 Å². The van der Waals surface area contributed by atoms with Gasteiger partial charge in [-0.05, 0) is 26.1 Å². The first-order chi connectivity index (χ1) is 10.1. The molecule has 1 unspecified atom stereocenters. The van der Waals surface area contributed by atoms with Gasteiger partial charge in [0.25, 0.3) is 0 Å². The minimum absolute atomic E-state index is 0. The summed E-state index contributed by atoms with van der Waals surface area (Å²) in [6, 6.07) is -0.363. The number of likely N-dealkylation sites (N-methyl/N-ethyl adjacent to an activating group) is 1. The SMILES string of the molecule is CNC(C(=O)NCC1(SC)CCOCC1)c1cnn(C)c1.Cl. The molecule has 126 valence electrons. The number of carbonyl (C=O) groups is 1. The molecule has 1 amide bonds. The van der Waals surface area contributed by atoms with E-state index < -0.39 is 0 Å². The van der Waals surface area contributed by atoms with Crippen molar-refractivity contribution in [3.63, 3.8) is 0 Å². The number of aryl methyl sites for hydroxylation is 1. The molecule has 1 aromatic rings. The van der Waals surface area contributed by atoms with E-state index in [9.17, 15) is 4.79 Å². The van der Waals surface area contributed by atoms with E-state index in [0.717, 1.165) is 31.6 Å². The summed E-state index contributed by atoms with van der Waals surface area (Å²) in [6.45, 7) is 2.22. The van der Waals surface area contributed by atoms with Gasteiger partial charge >= 0.3 is 0 Å². The van der Waals surface area contributed by atoms with Crippen molar-refractivity contribution in [3.8, 4) is 0 Å². The fraction of sp³-hybridized carbons (Fsp3) is 0.714. The summed E-state index contributed by atoms with van der Waals surface area (Å²) in [7, 11) is 3.63. The molecule has 2 rings (SSSR count). The molecule has 0 saturated carbocycles. The molecule has 0 aromatic carbocycles. The van der Waals surface area contributed by atoms with E-state index in [1.165, 1.54) is 0 Å². The highest BCUT2D eigenvalue weighted by atomic mass is 35.5. The van der Waals surface area contributed by atoms with E-state index in [2.05, 4.69) is 22.0 Å². The minimum atomic E-state index is -0.363. The summed E-state index contributed by atoms with van der Waals surface area (Å²) in [4.78, 5) is 12.4. The van der Waals surface area contributed by atoms with Crippen molar-refractivity contribution in [1.82, 2.24) is 20.4 Å². The van der Waals surface area contributed by atoms with Crippen LogP contribution in [0.3, 0.4) is 0 Å². The van der Waals surface area contributed by atoms with Crippen LogP contribution in [0.2, 0.25) is 0 Å². The Kier molecular flexibility index (Phi) is 7.68. The summed E-state index contributed by atoms with van der Waals surface area (Å²) < 4.78 is 7.23. The van der Waals surface area contributed by atoms with E-state index in [4.69, 9.17) is 4.74 Å². The van der Waals surface area contributed by atoms with Gasteiger partial charge in [0, 0.05) is 43.3 Å². The number of aromatic nitrogens is 2. The first kappa shape index (κ1) is 19.3. The number of nitrogens with zero attached hydrogens (tertiary/aromatic N) is 2. The molecule has 1 aromatic heterocycles. The Bertz CT molecular complexity index is 477. The van der Waals surface area contributed by atoms with Crippen molar-refractivity contribution in [3.05, 3.63) is 18.0 Å². The van der Waals surface area contributed by atoms with Crippen molar-refractivity contribution in [2.45, 2.75) is 23.6 Å². The van der Waals surface area contributed by atoms with E-state index >= 15 is 0 Å². The molecule has 0 radical (unpaired) electrons. The van der Waals surface area contributed by atoms with Crippen LogP contribution in [0.1, 0.15) is 24.4 Å². The Morgan fingerprint density at radius 2 is 2.23 bits per heavy atom. The molecule has 22 heavy (non-hydrogen) atoms. The summed E-state index contributed by atoms with van der Waals surface area (Å²) in [5, 5.41) is 10.3. The number of ether oxygens (including phenoxy) is 1. The van der Waals surface area contributed by atoms with E-state index in [-0.39, 0.29) is 29.1 Å². The summed E-state index contributed by atoms with van der Waals surface area (Å²) in [5.41, 5.74) is 0.877. The van der Waals surface area contributed by atoms with Gasteiger partial charge in [-0.15, -0.1) is 12.4 Å². The van der Waals surface area contributed by atoms with Crippen molar-refractivity contribution < 1.29 is 9.53 Å². The van der Waals surface area contributed by atoms with E-state index in [1.807, 2.05) is 25.0 Å². The zero-order chi connectivity index (χ0) is 15.3. The maximum Gasteiger partial charge on any atom is 0.241 e. The van der Waals surface area contributed by atoms with Crippen LogP contribution in [-0.2, 0) is 16.6 Å². The Morgan fingerprint density at radius 1 is 1.55 bits per heavy atom. The van der Waals surface area contributed by atoms with Gasteiger partial charge in [0.05, 0.1) is 6.20 Å². The van der Waals surface area contributed by atoms with Gasteiger partial charge in [0.2, 0.25) is 5.91 Å². The number of halogens is 1. The average Bonchev–Trinajstić information content (AvgIpc) is 2.93. The molecule has 0 bridgehead atoms. The third-order valence-electron chi connectivity index (χ3n) is 4.03. The van der Waals surface area contributed by atoms with Gasteiger partial charge in [0.1, 0.15) is 6.04 Å². The predicted molar refractivity (Wildman–Crippen MR) is 91.6 cm³/mol. The Labute approximate surface area is 142 Å². The zero-order valence-corrected chi connectivity index (χ0v) is 14.9. The van der Waals surface area contributed by atoms with Gasteiger partial charge < -0.3 is 15.4 Å². The highest BCUT2D eigenvalue weighted by Crippen LogP contribution is 2.33. The number of amides is 1. The second kappa shape index (κ2) is 8.76. The molecule has 0 spiro atoms. The molecule has 1 atom stereocenters. The second-order valence-corrected chi connectivity index (χ2v) is 6.66. The zero-order valence-electron chi connectivity index (χ0n) is 13.3. The Morgan fingerprint density at radius 3 is 2.73 bits per heavy atom. The highest BCUT2D eigenvalue weighted by molar-refractivity contribution is 8.00. The first-order valence-electron chi connectivity index (χ1n) is 7.17. The molecular formula is C14H25ClN4O2S. The number of rotatable bonds is 6. The lowest BCUT2D eigenvalue weighted by molar-refractivity contribution is -0.123. The van der Waals surface area contributed by atoms with Crippen LogP contribution in [0.25, 0.3) is 0 Å². The number of hydrogen-bond donors (Lipinski definition) is 2. The van der Waals surface area contributed by atoms with E-state index in [1.54, 1.807) is 17.9 Å². The topological polar surface area (TPSA) is 68.2 Å². The van der Waals surface area contributed by atoms with Gasteiger partial charge in [-0.1, -0.05) is 0 Å². The first-order valence-corrected chi connectivity index (χ1v) is 8.39. The number of nitrogens with one attached hydrogen (secondary N) is 2. The van der Waals surface area contributed by atoms with Crippen molar-refractivity contribution in [1.29, 1.82) is 0 Å². The lowest BCUT2D eigenvalue weighted by Crippen LogP contribution is -2.46. The maximum atomic E-state index is 12.4. The van der Waals surface area contributed by atoms with Crippen LogP contribution in [0.15, 0.2) is 12.4 Å². The quantitative estimate of drug-likeness (QED) is 0.806. The largest absolute Gasteiger partial charge is 0.381 e. The predicted octanol–water partition coefficient (Wildman–Crippen LogP) is 1.13. The number of hydrogen-bond acceptors (Lipinski definition) is 5. The second-order valence-electron chi connectivity index (χ2n) is 5.39. The van der Waals surface area contributed by atoms with E-state index in [0.29, 0.717) is 6.54 Å². The smallest absolute Gasteiger partial charge is 0.241 e. The van der Waals surface area contributed by atoms with Crippen LogP contribution in [0, 0.1) is 0 Å². The number of thioether (sulfide) groups is 1. The Balaban J connectivity index is 0.00000242. The van der Waals surface area contributed by atoms with Gasteiger partial charge in [-0.25, -0.2) is 0 Å². The fourth-order valence-corrected chi connectivity index (χ4v) is 3.38. The third kappa shape index (κ3) is 4.62. The lowest BCUT2D eigenvalue weighted by atomic mass is 9.98. The molecule has 1 saturated heterocycles. The maximum absolute atomic E-state index is 12.4. The van der Waals surface area contributed by atoms with Crippen molar-refractivity contribution in [2.75, 3.05) is 33.1 Å². The van der Waals surface area contributed by atoms with Crippen LogP contribution in [0.4, 0.5) is 0 Å². The molecule has 2 N–H and O–H groups in total. The minimum Gasteiger partial charge on any atom is -0.381 e. The highest BCUT2D eigenvalue weighted by Gasteiger charge is 2.33. The standard InChI is InChI=1S/C14H24N4O2S.ClH/c1-15-12(11-8-17-18(2)9-11)13(19)16-10-14(21-3)4-6-20-7-5-14;/h8-9,12,15H,4-7,10H2,1-3H3,(H,16,19);1H. The summed E-state index contributed by atoms with van der Waals surface area (Å²) >= 11 is 1.82. The normalized spacial score (nSPS) is 18.3. The van der Waals surface area contributed by atoms with Crippen LogP contribution in [0.5, 0.6) is 0 Å². The molecule has 1 aliphatic rings. The molecule has 8 heteroatoms. The Hall–Kier alpha value is -0.760. The fourth-order valence-electron chi connectivity index (χ4n) is 2.59. The molecule has 6 nitrogen and oxygen atoms in total. The van der Waals surface area contributed by atoms with Gasteiger partial charge in [-0.3, -0.25) is 9.48 Å². The average molecular weight is 349 g/mol. The van der Waals surface area contributed by atoms with Crippen LogP contribution in [-0.4, -0.2) is 53.5 Å². The van der Waals surface area contributed by atoms with Crippen LogP contribution >= 0.6 is 24.2 Å². The number of carbonyl (C=O) groups excluding carboxylic acids is 1. The molecule has 0 aliphatic carbocycles. The summed E-state index contributed by atoms with van der Waals surface area (Å²) in [5.74, 6) is -0.00887. The monoisotopic (exact) mass is 348 g/mol. The third-order valence-corrected chi connectivity index (χ3v) is 5.45. The summed E-state index contributed by atoms with van der Waals surface area (Å²) in [6.07, 6.45) is 7.64. The lowest BCUT2D eigenvalue weighted by Gasteiger charge is -2.36. The molecule has 1 aliphatic heterocycles. The molecule has 2 heterocycles. The van der Waals surface area contributed by atoms with Crippen molar-refractivity contribution >= 4 is 30.1 Å². The molecular weight excluding hydrogens is 324 g/mol. The van der Waals surface area contributed by atoms with Gasteiger partial charge in [0.15, 0.2) is 0 Å². The molecule has 1 fully saturated rings. The van der Waals surface area contributed by atoms with Crippen LogP contribution < -0.4 is 10.6 Å².